The second-order valence-electron chi connectivity index (χ2n) is 6.21. The summed E-state index contributed by atoms with van der Waals surface area (Å²) in [7, 11) is 0. The van der Waals surface area contributed by atoms with Crippen LogP contribution in [0.2, 0.25) is 0 Å². The summed E-state index contributed by atoms with van der Waals surface area (Å²) in [6.45, 7) is 7.77. The first-order valence-electron chi connectivity index (χ1n) is 7.33. The molecule has 0 spiro atoms. The van der Waals surface area contributed by atoms with Gasteiger partial charge in [0, 0.05) is 25.7 Å². The van der Waals surface area contributed by atoms with Gasteiger partial charge in [0.15, 0.2) is 0 Å². The van der Waals surface area contributed by atoms with E-state index >= 15 is 0 Å². The van der Waals surface area contributed by atoms with Gasteiger partial charge in [-0.2, -0.15) is 0 Å². The molecule has 2 aliphatic rings. The molecule has 0 aromatic rings. The summed E-state index contributed by atoms with van der Waals surface area (Å²) in [5.41, 5.74) is 5.66. The van der Waals surface area contributed by atoms with Gasteiger partial charge in [-0.15, -0.1) is 0 Å². The highest BCUT2D eigenvalue weighted by atomic mass is 16.1. The Balaban J connectivity index is 1.69. The zero-order valence-corrected chi connectivity index (χ0v) is 11.7. The van der Waals surface area contributed by atoms with Crippen molar-refractivity contribution in [2.45, 2.75) is 39.2 Å². The van der Waals surface area contributed by atoms with Crippen LogP contribution in [0.15, 0.2) is 0 Å². The largest absolute Gasteiger partial charge is 0.355 e. The lowest BCUT2D eigenvalue weighted by Crippen LogP contribution is -2.40. The Labute approximate surface area is 110 Å². The molecule has 2 unspecified atom stereocenters. The predicted octanol–water partition coefficient (Wildman–Crippen LogP) is 0.818. The van der Waals surface area contributed by atoms with Gasteiger partial charge in [-0.05, 0) is 37.6 Å². The molecule has 0 aromatic carbocycles. The summed E-state index contributed by atoms with van der Waals surface area (Å²) in [6.07, 6.45) is 3.98. The van der Waals surface area contributed by atoms with Crippen molar-refractivity contribution >= 4 is 5.91 Å². The molecule has 1 amide bonds. The second-order valence-corrected chi connectivity index (χ2v) is 6.21. The molecule has 1 aliphatic heterocycles. The molecule has 4 nitrogen and oxygen atoms in total. The Hall–Kier alpha value is -0.610. The Morgan fingerprint density at radius 2 is 2.11 bits per heavy atom. The molecule has 1 saturated carbocycles. The quantitative estimate of drug-likeness (QED) is 0.737. The Morgan fingerprint density at radius 3 is 2.67 bits per heavy atom. The first kappa shape index (κ1) is 13.8. The average molecular weight is 253 g/mol. The van der Waals surface area contributed by atoms with Crippen molar-refractivity contribution in [3.8, 4) is 0 Å². The normalized spacial score (nSPS) is 26.6. The number of rotatable bonds is 6. The number of nitrogens with one attached hydrogen (secondary N) is 1. The molecule has 2 fully saturated rings. The topological polar surface area (TPSA) is 58.4 Å². The zero-order valence-electron chi connectivity index (χ0n) is 11.7. The van der Waals surface area contributed by atoms with Crippen molar-refractivity contribution in [2.24, 2.45) is 23.5 Å². The van der Waals surface area contributed by atoms with Crippen LogP contribution < -0.4 is 11.1 Å². The number of hydrogen-bond donors (Lipinski definition) is 2. The van der Waals surface area contributed by atoms with Crippen molar-refractivity contribution in [3.05, 3.63) is 0 Å². The SMILES string of the molecule is CC(C)C(CN)C(=O)NCC1CCN(C2CC2)C1. The van der Waals surface area contributed by atoms with Gasteiger partial charge in [0.25, 0.3) is 0 Å². The third-order valence-corrected chi connectivity index (χ3v) is 4.34. The summed E-state index contributed by atoms with van der Waals surface area (Å²) in [4.78, 5) is 14.6. The van der Waals surface area contributed by atoms with Gasteiger partial charge in [0.05, 0.1) is 5.92 Å². The maximum absolute atomic E-state index is 12.0. The summed E-state index contributed by atoms with van der Waals surface area (Å²) < 4.78 is 0. The van der Waals surface area contributed by atoms with Crippen molar-refractivity contribution in [3.63, 3.8) is 0 Å². The molecule has 0 bridgehead atoms. The van der Waals surface area contributed by atoms with Crippen molar-refractivity contribution in [1.29, 1.82) is 0 Å². The minimum Gasteiger partial charge on any atom is -0.355 e. The molecule has 0 radical (unpaired) electrons. The molecular weight excluding hydrogens is 226 g/mol. The van der Waals surface area contributed by atoms with E-state index in [1.807, 2.05) is 0 Å². The Bertz CT molecular complexity index is 289. The van der Waals surface area contributed by atoms with Crippen LogP contribution in [0.4, 0.5) is 0 Å². The van der Waals surface area contributed by atoms with E-state index in [4.69, 9.17) is 5.73 Å². The first-order chi connectivity index (χ1) is 8.61. The molecule has 2 rings (SSSR count). The molecule has 18 heavy (non-hydrogen) atoms. The van der Waals surface area contributed by atoms with E-state index in [1.54, 1.807) is 0 Å². The first-order valence-corrected chi connectivity index (χ1v) is 7.33. The lowest BCUT2D eigenvalue weighted by atomic mass is 9.95. The van der Waals surface area contributed by atoms with Gasteiger partial charge in [-0.1, -0.05) is 13.8 Å². The summed E-state index contributed by atoms with van der Waals surface area (Å²) in [5.74, 6) is 1.06. The summed E-state index contributed by atoms with van der Waals surface area (Å²) in [6, 6.07) is 0.859. The fourth-order valence-electron chi connectivity index (χ4n) is 2.86. The van der Waals surface area contributed by atoms with Gasteiger partial charge < -0.3 is 16.0 Å². The smallest absolute Gasteiger partial charge is 0.224 e. The van der Waals surface area contributed by atoms with Crippen LogP contribution in [0.5, 0.6) is 0 Å². The lowest BCUT2D eigenvalue weighted by molar-refractivity contribution is -0.126. The zero-order chi connectivity index (χ0) is 13.1. The molecule has 0 aromatic heterocycles. The number of nitrogens with zero attached hydrogens (tertiary/aromatic N) is 1. The van der Waals surface area contributed by atoms with Gasteiger partial charge in [-0.25, -0.2) is 0 Å². The van der Waals surface area contributed by atoms with E-state index in [1.165, 1.54) is 32.4 Å². The van der Waals surface area contributed by atoms with E-state index in [0.717, 1.165) is 12.6 Å². The van der Waals surface area contributed by atoms with Crippen molar-refractivity contribution in [1.82, 2.24) is 10.2 Å². The highest BCUT2D eigenvalue weighted by Crippen LogP contribution is 2.31. The highest BCUT2D eigenvalue weighted by molar-refractivity contribution is 5.79. The van der Waals surface area contributed by atoms with Crippen LogP contribution in [0.1, 0.15) is 33.1 Å². The number of nitrogens with two attached hydrogens (primary N) is 1. The minimum absolute atomic E-state index is 0.0362. The number of hydrogen-bond acceptors (Lipinski definition) is 3. The van der Waals surface area contributed by atoms with E-state index in [-0.39, 0.29) is 11.8 Å². The van der Waals surface area contributed by atoms with Crippen LogP contribution in [0, 0.1) is 17.8 Å². The van der Waals surface area contributed by atoms with Gasteiger partial charge >= 0.3 is 0 Å². The Morgan fingerprint density at radius 1 is 1.39 bits per heavy atom. The fourth-order valence-corrected chi connectivity index (χ4v) is 2.86. The number of likely N-dealkylation sites (tertiary alicyclic amines) is 1. The van der Waals surface area contributed by atoms with Gasteiger partial charge in [-0.3, -0.25) is 4.79 Å². The fraction of sp³-hybridized carbons (Fsp3) is 0.929. The van der Waals surface area contributed by atoms with Crippen molar-refractivity contribution < 1.29 is 4.79 Å². The van der Waals surface area contributed by atoms with Gasteiger partial charge in [0.1, 0.15) is 0 Å². The maximum Gasteiger partial charge on any atom is 0.224 e. The monoisotopic (exact) mass is 253 g/mol. The van der Waals surface area contributed by atoms with Crippen LogP contribution in [-0.4, -0.2) is 43.0 Å². The van der Waals surface area contributed by atoms with Crippen LogP contribution in [0.25, 0.3) is 0 Å². The molecule has 1 aliphatic carbocycles. The van der Waals surface area contributed by atoms with Crippen molar-refractivity contribution in [2.75, 3.05) is 26.2 Å². The Kier molecular flexibility index (Phi) is 4.62. The van der Waals surface area contributed by atoms with E-state index in [0.29, 0.717) is 18.4 Å². The predicted molar refractivity (Wildman–Crippen MR) is 73.1 cm³/mol. The average Bonchev–Trinajstić information content (AvgIpc) is 3.07. The summed E-state index contributed by atoms with van der Waals surface area (Å²) >= 11 is 0. The highest BCUT2D eigenvalue weighted by Gasteiger charge is 2.34. The van der Waals surface area contributed by atoms with E-state index in [9.17, 15) is 4.79 Å². The standard InChI is InChI=1S/C14H27N3O/c1-10(2)13(7-15)14(18)16-8-11-5-6-17(9-11)12-3-4-12/h10-13H,3-9,15H2,1-2H3,(H,16,18). The third kappa shape index (κ3) is 3.45. The molecule has 2 atom stereocenters. The number of carbonyl (C=O) groups excluding carboxylic acids is 1. The van der Waals surface area contributed by atoms with Crippen LogP contribution in [0.3, 0.4) is 0 Å². The second kappa shape index (κ2) is 6.02. The summed E-state index contributed by atoms with van der Waals surface area (Å²) in [5, 5.41) is 3.09. The third-order valence-electron chi connectivity index (χ3n) is 4.34. The molecule has 4 heteroatoms. The van der Waals surface area contributed by atoms with Gasteiger partial charge in [0.2, 0.25) is 5.91 Å². The number of amides is 1. The van der Waals surface area contributed by atoms with E-state index in [2.05, 4.69) is 24.1 Å². The molecule has 1 heterocycles. The van der Waals surface area contributed by atoms with E-state index < -0.39 is 0 Å². The maximum atomic E-state index is 12.0. The lowest BCUT2D eigenvalue weighted by Gasteiger charge is -2.20. The minimum atomic E-state index is -0.0362. The molecule has 104 valence electrons. The van der Waals surface area contributed by atoms with Crippen LogP contribution in [-0.2, 0) is 4.79 Å². The number of carbonyl (C=O) groups is 1. The van der Waals surface area contributed by atoms with Crippen LogP contribution >= 0.6 is 0 Å². The molecular formula is C14H27N3O. The molecule has 1 saturated heterocycles. The molecule has 3 N–H and O–H groups in total.